The van der Waals surface area contributed by atoms with Crippen LogP contribution < -0.4 is 10.4 Å². The third-order valence-corrected chi connectivity index (χ3v) is 6.74. The van der Waals surface area contributed by atoms with Crippen LogP contribution in [0.5, 0.6) is 0 Å². The van der Waals surface area contributed by atoms with Gasteiger partial charge in [0, 0.05) is 11.1 Å². The molecule has 1 aliphatic carbocycles. The minimum absolute atomic E-state index is 0.649. The van der Waals surface area contributed by atoms with Crippen molar-refractivity contribution in [2.24, 2.45) is 0 Å². The molecular formula is C22H14Si. The van der Waals surface area contributed by atoms with Crippen LogP contribution in [0.4, 0.5) is 0 Å². The fourth-order valence-electron chi connectivity index (χ4n) is 2.84. The molecule has 1 heteroatoms. The predicted molar refractivity (Wildman–Crippen MR) is 98.0 cm³/mol. The maximum Gasteiger partial charge on any atom is 0.0850 e. The zero-order chi connectivity index (χ0) is 16.1. The Morgan fingerprint density at radius 3 is 1.83 bits per heavy atom. The van der Waals surface area contributed by atoms with E-state index >= 15 is 0 Å². The lowest BCUT2D eigenvalue weighted by Gasteiger charge is -2.18. The topological polar surface area (TPSA) is 0 Å². The highest BCUT2D eigenvalue weighted by molar-refractivity contribution is 6.93. The second-order valence-corrected chi connectivity index (χ2v) is 7.74. The Morgan fingerprint density at radius 2 is 1.35 bits per heavy atom. The second-order valence-electron chi connectivity index (χ2n) is 5.23. The summed E-state index contributed by atoms with van der Waals surface area (Å²) in [5.74, 6) is 5.01. The van der Waals surface area contributed by atoms with Gasteiger partial charge < -0.3 is 0 Å². The van der Waals surface area contributed by atoms with Crippen molar-refractivity contribution in [2.75, 3.05) is 0 Å². The average Bonchev–Trinajstić information content (AvgIpc) is 2.63. The molecule has 0 amide bonds. The van der Waals surface area contributed by atoms with E-state index in [4.69, 9.17) is 12.8 Å². The maximum absolute atomic E-state index is 7.71. The van der Waals surface area contributed by atoms with Crippen molar-refractivity contribution in [1.82, 2.24) is 0 Å². The molecule has 0 spiro atoms. The summed E-state index contributed by atoms with van der Waals surface area (Å²) in [7, 11) is -1.20. The van der Waals surface area contributed by atoms with Gasteiger partial charge >= 0.3 is 0 Å². The number of hydrogen-bond donors (Lipinski definition) is 0. The minimum atomic E-state index is -1.20. The van der Waals surface area contributed by atoms with Gasteiger partial charge in [0.05, 0.1) is 8.41 Å². The van der Waals surface area contributed by atoms with E-state index in [9.17, 15) is 0 Å². The number of benzene rings is 2. The first-order chi connectivity index (χ1) is 11.3. The molecule has 0 bridgehead atoms. The van der Waals surface area contributed by atoms with Gasteiger partial charge in [-0.05, 0) is 40.9 Å². The van der Waals surface area contributed by atoms with Crippen LogP contribution in [0.25, 0.3) is 0 Å². The zero-order valence-corrected chi connectivity index (χ0v) is 13.6. The van der Waals surface area contributed by atoms with Crippen LogP contribution in [-0.4, -0.2) is 13.6 Å². The van der Waals surface area contributed by atoms with Crippen molar-refractivity contribution in [3.63, 3.8) is 0 Å². The summed E-state index contributed by atoms with van der Waals surface area (Å²) in [6, 6.07) is 20.9. The Labute approximate surface area is 139 Å². The summed E-state index contributed by atoms with van der Waals surface area (Å²) < 4.78 is 0. The molecule has 2 aromatic carbocycles. The monoisotopic (exact) mass is 306 g/mol. The zero-order valence-electron chi connectivity index (χ0n) is 12.6. The first-order valence-corrected chi connectivity index (χ1v) is 8.96. The molecule has 0 saturated carbocycles. The molecule has 0 fully saturated rings. The fraction of sp³-hybridized carbons (Fsp3) is 0.0455. The van der Waals surface area contributed by atoms with E-state index in [2.05, 4.69) is 66.4 Å². The Morgan fingerprint density at radius 1 is 0.783 bits per heavy atom. The molecule has 0 aromatic heterocycles. The molecule has 2 radical (unpaired) electrons. The van der Waals surface area contributed by atoms with Gasteiger partial charge in [-0.1, -0.05) is 78.6 Å². The van der Waals surface area contributed by atoms with Crippen molar-refractivity contribution in [3.05, 3.63) is 96.8 Å². The molecule has 0 saturated heterocycles. The first kappa shape index (κ1) is 15.0. The lowest BCUT2D eigenvalue weighted by Crippen LogP contribution is -2.41. The Bertz CT molecular complexity index is 841. The minimum Gasteiger partial charge on any atom is -0.0792 e. The van der Waals surface area contributed by atoms with Crippen molar-refractivity contribution < 1.29 is 0 Å². The van der Waals surface area contributed by atoms with Gasteiger partial charge in [0.15, 0.2) is 0 Å². The van der Waals surface area contributed by atoms with Crippen LogP contribution in [0.3, 0.4) is 0 Å². The fourth-order valence-corrected chi connectivity index (χ4v) is 5.69. The van der Waals surface area contributed by atoms with Gasteiger partial charge in [0.25, 0.3) is 0 Å². The SMILES string of the molecule is [C]#CC1=C(C#[C])C(=[Si](c2ccccc2)c2ccccc2)CC=C1. The van der Waals surface area contributed by atoms with Crippen LogP contribution in [0, 0.1) is 24.7 Å². The van der Waals surface area contributed by atoms with Gasteiger partial charge in [-0.3, -0.25) is 0 Å². The number of hydrogen-bond acceptors (Lipinski definition) is 0. The van der Waals surface area contributed by atoms with Crippen LogP contribution >= 0.6 is 0 Å². The maximum atomic E-state index is 7.71. The smallest absolute Gasteiger partial charge is 0.0792 e. The summed E-state index contributed by atoms with van der Waals surface area (Å²) >= 11 is 0. The van der Waals surface area contributed by atoms with Crippen LogP contribution in [0.1, 0.15) is 6.42 Å². The van der Waals surface area contributed by atoms with Crippen LogP contribution in [0.15, 0.2) is 84.0 Å². The van der Waals surface area contributed by atoms with Gasteiger partial charge in [0.1, 0.15) is 0 Å². The van der Waals surface area contributed by atoms with Crippen molar-refractivity contribution in [3.8, 4) is 11.8 Å². The van der Waals surface area contributed by atoms with Gasteiger partial charge in [-0.2, -0.15) is 0 Å². The molecule has 23 heavy (non-hydrogen) atoms. The normalized spacial score (nSPS) is 13.4. The molecule has 1 aliphatic rings. The molecule has 0 heterocycles. The summed E-state index contributed by atoms with van der Waals surface area (Å²) in [4.78, 5) is 0. The molecule has 0 nitrogen and oxygen atoms in total. The van der Waals surface area contributed by atoms with E-state index < -0.39 is 8.41 Å². The third-order valence-electron chi connectivity index (χ3n) is 3.86. The summed E-state index contributed by atoms with van der Waals surface area (Å²) in [6.45, 7) is 0. The highest BCUT2D eigenvalue weighted by Crippen LogP contribution is 2.16. The van der Waals surface area contributed by atoms with E-state index in [1.165, 1.54) is 15.5 Å². The van der Waals surface area contributed by atoms with E-state index in [0.29, 0.717) is 5.57 Å². The largest absolute Gasteiger partial charge is 0.0850 e. The van der Waals surface area contributed by atoms with Gasteiger partial charge in [-0.15, -0.1) is 0 Å². The summed E-state index contributed by atoms with van der Waals surface area (Å²) in [5, 5.41) is 3.76. The number of allylic oxidation sites excluding steroid dienone is 4. The molecular weight excluding hydrogens is 292 g/mol. The molecule has 0 aliphatic heterocycles. The van der Waals surface area contributed by atoms with Crippen molar-refractivity contribution >= 4 is 24.0 Å². The molecule has 106 valence electrons. The van der Waals surface area contributed by atoms with E-state index in [1.54, 1.807) is 0 Å². The average molecular weight is 306 g/mol. The Balaban J connectivity index is 2.33. The lowest BCUT2D eigenvalue weighted by molar-refractivity contribution is 1.44. The lowest BCUT2D eigenvalue weighted by atomic mass is 9.98. The van der Waals surface area contributed by atoms with E-state index in [0.717, 1.165) is 12.0 Å². The Hall–Kier alpha value is -2.87. The van der Waals surface area contributed by atoms with Crippen LogP contribution in [-0.2, 0) is 0 Å². The number of rotatable bonds is 2. The quantitative estimate of drug-likeness (QED) is 0.591. The van der Waals surface area contributed by atoms with Crippen LogP contribution in [0.2, 0.25) is 0 Å². The van der Waals surface area contributed by atoms with Crippen molar-refractivity contribution in [2.45, 2.75) is 6.42 Å². The van der Waals surface area contributed by atoms with Gasteiger partial charge in [0.2, 0.25) is 0 Å². The summed E-state index contributed by atoms with van der Waals surface area (Å²) in [6.07, 6.45) is 19.9. The standard InChI is InChI=1S/C22H14Si/c1-3-18-12-11-17-22(21(18)4-2)23(19-13-7-5-8-14-19)20-15-9-6-10-16-20/h5-16H,17H2. The van der Waals surface area contributed by atoms with E-state index in [1.807, 2.05) is 18.2 Å². The molecule has 0 N–H and O–H groups in total. The first-order valence-electron chi connectivity index (χ1n) is 7.46. The molecule has 0 unspecified atom stereocenters. The molecule has 3 rings (SSSR count). The highest BCUT2D eigenvalue weighted by atomic mass is 28.2. The van der Waals surface area contributed by atoms with Gasteiger partial charge in [-0.25, -0.2) is 0 Å². The Kier molecular flexibility index (Phi) is 4.53. The molecule has 2 aromatic rings. The van der Waals surface area contributed by atoms with E-state index in [-0.39, 0.29) is 0 Å². The predicted octanol–water partition coefficient (Wildman–Crippen LogP) is 2.49. The second kappa shape index (κ2) is 6.92. The van der Waals surface area contributed by atoms with Crippen molar-refractivity contribution in [1.29, 1.82) is 0 Å². The summed E-state index contributed by atoms with van der Waals surface area (Å²) in [5.41, 5.74) is 1.37. The third kappa shape index (κ3) is 3.02. The highest BCUT2D eigenvalue weighted by Gasteiger charge is 2.18. The molecule has 0 atom stereocenters.